The number of nitrogens with zero attached hydrogens (tertiary/aromatic N) is 6. The molecule has 0 radical (unpaired) electrons. The minimum Gasteiger partial charge on any atom is -0.335 e. The summed E-state index contributed by atoms with van der Waals surface area (Å²) in [6, 6.07) is 7.52. The van der Waals surface area contributed by atoms with Crippen molar-refractivity contribution in [2.24, 2.45) is 5.73 Å². The van der Waals surface area contributed by atoms with Crippen molar-refractivity contribution in [2.75, 3.05) is 32.2 Å². The lowest BCUT2D eigenvalue weighted by Crippen LogP contribution is -2.27. The number of anilines is 1. The molecule has 15 heteroatoms. The molecule has 5 N–H and O–H groups in total. The maximum atomic E-state index is 14.6. The van der Waals surface area contributed by atoms with E-state index in [0.29, 0.717) is 56.1 Å². The number of imidazole rings is 1. The van der Waals surface area contributed by atoms with Gasteiger partial charge in [0.1, 0.15) is 16.9 Å². The van der Waals surface area contributed by atoms with Crippen molar-refractivity contribution in [3.05, 3.63) is 72.7 Å². The van der Waals surface area contributed by atoms with E-state index in [1.165, 1.54) is 18.3 Å². The number of aromatic nitrogens is 7. The van der Waals surface area contributed by atoms with Crippen LogP contribution >= 0.6 is 0 Å². The van der Waals surface area contributed by atoms with Gasteiger partial charge in [0.2, 0.25) is 5.91 Å². The van der Waals surface area contributed by atoms with Crippen LogP contribution in [0.3, 0.4) is 0 Å². The number of nitrogens with one attached hydrogen (secondary N) is 3. The Morgan fingerprint density at radius 3 is 2.59 bits per heavy atom. The average molecular weight is 615 g/mol. The summed E-state index contributed by atoms with van der Waals surface area (Å²) in [5, 5.41) is 9.60. The summed E-state index contributed by atoms with van der Waals surface area (Å²) in [6.07, 6.45) is 8.97. The number of carbonyl (C=O) groups excluding carboxylic acids is 1. The number of aromatic amines is 2. The number of hydrogen-bond acceptors (Lipinski definition) is 10. The number of carbonyl (C=O) groups is 1. The van der Waals surface area contributed by atoms with Gasteiger partial charge in [-0.2, -0.15) is 5.10 Å². The summed E-state index contributed by atoms with van der Waals surface area (Å²) in [7, 11) is -0.0439. The van der Waals surface area contributed by atoms with E-state index in [1.54, 1.807) is 35.8 Å². The second-order valence-electron chi connectivity index (χ2n) is 10.6. The number of halogens is 1. The van der Waals surface area contributed by atoms with Crippen LogP contribution in [0, 0.1) is 5.82 Å². The first-order chi connectivity index (χ1) is 21.0. The summed E-state index contributed by atoms with van der Waals surface area (Å²) >= 11 is 0. The molecular formula is C29H27FN10O3S. The molecule has 1 aromatic carbocycles. The third-order valence-electron chi connectivity index (χ3n) is 6.86. The molecule has 6 rings (SSSR count). The van der Waals surface area contributed by atoms with E-state index >= 15 is 0 Å². The van der Waals surface area contributed by atoms with Crippen molar-refractivity contribution in [1.29, 1.82) is 0 Å². The molecule has 0 saturated carbocycles. The van der Waals surface area contributed by atoms with E-state index < -0.39 is 21.0 Å². The Labute approximate surface area is 250 Å². The van der Waals surface area contributed by atoms with Crippen LogP contribution in [0.4, 0.5) is 10.1 Å². The minimum atomic E-state index is -3.66. The molecular weight excluding hydrogens is 587 g/mol. The molecule has 0 aliphatic carbocycles. The highest BCUT2D eigenvalue weighted by atomic mass is 32.2. The number of sulfone groups is 1. The summed E-state index contributed by atoms with van der Waals surface area (Å²) in [4.78, 5) is 35.1. The number of pyridine rings is 3. The first kappa shape index (κ1) is 29.0. The summed E-state index contributed by atoms with van der Waals surface area (Å²) in [6.45, 7) is 0.232. The van der Waals surface area contributed by atoms with E-state index in [2.05, 4.69) is 35.5 Å². The lowest BCUT2D eigenvalue weighted by Gasteiger charge is -2.12. The molecule has 5 aromatic heterocycles. The fourth-order valence-electron chi connectivity index (χ4n) is 4.83. The standard InChI is InChI=1S/C29H27FN10O3S/c1-40(2)14-25(41)35-19-7-17(9-32-10-19)22-8-20-23(13-34-22)38-39-27(20)29-36-24-12-33-11-21(26(24)37-29)15-4-16(6-18(30)5-15)28(31)44(3,42)43/h4-13,28H,14,31H2,1-3H3,(H,35,41)(H,36,37)(H,38,39). The van der Waals surface area contributed by atoms with Crippen LogP contribution in [0.2, 0.25) is 0 Å². The van der Waals surface area contributed by atoms with E-state index in [4.69, 9.17) is 10.7 Å². The van der Waals surface area contributed by atoms with Crippen LogP contribution in [0.1, 0.15) is 10.9 Å². The molecule has 1 atom stereocenters. The highest BCUT2D eigenvalue weighted by molar-refractivity contribution is 7.90. The molecule has 0 bridgehead atoms. The van der Waals surface area contributed by atoms with Gasteiger partial charge in [-0.3, -0.25) is 24.8 Å². The lowest BCUT2D eigenvalue weighted by atomic mass is 10.0. The third-order valence-corrected chi connectivity index (χ3v) is 8.06. The molecule has 6 aromatic rings. The average Bonchev–Trinajstić information content (AvgIpc) is 3.59. The molecule has 13 nitrogen and oxygen atoms in total. The molecule has 0 fully saturated rings. The molecule has 224 valence electrons. The van der Waals surface area contributed by atoms with Gasteiger partial charge in [-0.25, -0.2) is 17.8 Å². The smallest absolute Gasteiger partial charge is 0.238 e. The van der Waals surface area contributed by atoms with E-state index in [1.807, 2.05) is 20.2 Å². The van der Waals surface area contributed by atoms with Crippen LogP contribution in [0.25, 0.3) is 55.8 Å². The van der Waals surface area contributed by atoms with Gasteiger partial charge in [0, 0.05) is 35.2 Å². The quantitative estimate of drug-likeness (QED) is 0.198. The number of benzene rings is 1. The SMILES string of the molecule is CN(C)CC(=O)Nc1cncc(-c2cc3c(-c4nc5c(-c6cc(F)cc(C(N)S(C)(=O)=O)c6)cncc5[nH]4)n[nH]c3cn2)c1. The van der Waals surface area contributed by atoms with Crippen LogP contribution in [-0.4, -0.2) is 81.2 Å². The Morgan fingerprint density at radius 1 is 1.02 bits per heavy atom. The maximum Gasteiger partial charge on any atom is 0.238 e. The Morgan fingerprint density at radius 2 is 1.82 bits per heavy atom. The van der Waals surface area contributed by atoms with Crippen molar-refractivity contribution >= 4 is 43.4 Å². The zero-order valence-corrected chi connectivity index (χ0v) is 24.6. The molecule has 1 amide bonds. The van der Waals surface area contributed by atoms with Crippen LogP contribution in [0.15, 0.2) is 61.3 Å². The highest BCUT2D eigenvalue weighted by Crippen LogP contribution is 2.33. The zero-order valence-electron chi connectivity index (χ0n) is 23.8. The molecule has 0 saturated heterocycles. The van der Waals surface area contributed by atoms with Crippen molar-refractivity contribution in [3.63, 3.8) is 0 Å². The largest absolute Gasteiger partial charge is 0.335 e. The van der Waals surface area contributed by atoms with Gasteiger partial charge in [0.25, 0.3) is 0 Å². The van der Waals surface area contributed by atoms with Crippen LogP contribution in [0.5, 0.6) is 0 Å². The second-order valence-corrected chi connectivity index (χ2v) is 12.8. The highest BCUT2D eigenvalue weighted by Gasteiger charge is 2.21. The molecule has 44 heavy (non-hydrogen) atoms. The Bertz CT molecular complexity index is 2160. The molecule has 0 spiro atoms. The number of nitrogens with two attached hydrogens (primary N) is 1. The number of rotatable bonds is 8. The fourth-order valence-corrected chi connectivity index (χ4v) is 5.46. The number of fused-ring (bicyclic) bond motifs is 2. The number of H-pyrrole nitrogens is 2. The summed E-state index contributed by atoms with van der Waals surface area (Å²) < 4.78 is 38.7. The monoisotopic (exact) mass is 614 g/mol. The zero-order chi connectivity index (χ0) is 31.2. The van der Waals surface area contributed by atoms with Crippen molar-refractivity contribution < 1.29 is 17.6 Å². The normalized spacial score (nSPS) is 12.7. The Balaban J connectivity index is 1.39. The number of likely N-dealkylation sites (N-methyl/N-ethyl adjacent to an activating group) is 1. The van der Waals surface area contributed by atoms with Gasteiger partial charge in [-0.05, 0) is 55.6 Å². The van der Waals surface area contributed by atoms with E-state index in [-0.39, 0.29) is 18.0 Å². The van der Waals surface area contributed by atoms with Gasteiger partial charge < -0.3 is 20.9 Å². The van der Waals surface area contributed by atoms with Gasteiger partial charge in [-0.15, -0.1) is 0 Å². The lowest BCUT2D eigenvalue weighted by molar-refractivity contribution is -0.116. The van der Waals surface area contributed by atoms with Gasteiger partial charge in [0.05, 0.1) is 53.1 Å². The van der Waals surface area contributed by atoms with Gasteiger partial charge in [-0.1, -0.05) is 0 Å². The summed E-state index contributed by atoms with van der Waals surface area (Å²) in [5.41, 5.74) is 10.9. The fraction of sp³-hybridized carbons (Fsp3) is 0.172. The van der Waals surface area contributed by atoms with Crippen molar-refractivity contribution in [1.82, 2.24) is 40.0 Å². The van der Waals surface area contributed by atoms with E-state index in [9.17, 15) is 17.6 Å². The predicted molar refractivity (Wildman–Crippen MR) is 164 cm³/mol. The van der Waals surface area contributed by atoms with Crippen LogP contribution in [-0.2, 0) is 14.6 Å². The predicted octanol–water partition coefficient (Wildman–Crippen LogP) is 3.27. The van der Waals surface area contributed by atoms with Gasteiger partial charge >= 0.3 is 0 Å². The molecule has 5 heterocycles. The molecule has 0 aliphatic rings. The minimum absolute atomic E-state index is 0.115. The van der Waals surface area contributed by atoms with Gasteiger partial charge in [0.15, 0.2) is 15.7 Å². The van der Waals surface area contributed by atoms with Crippen molar-refractivity contribution in [2.45, 2.75) is 5.37 Å². The third kappa shape index (κ3) is 5.75. The van der Waals surface area contributed by atoms with Crippen molar-refractivity contribution in [3.8, 4) is 33.9 Å². The Hall–Kier alpha value is -5.12. The number of amides is 1. The maximum absolute atomic E-state index is 14.6. The topological polar surface area (TPSA) is 189 Å². The number of hydrogen-bond donors (Lipinski definition) is 4. The van der Waals surface area contributed by atoms with E-state index in [0.717, 1.165) is 17.7 Å². The first-order valence-electron chi connectivity index (χ1n) is 13.3. The molecule has 1 unspecified atom stereocenters. The first-order valence-corrected chi connectivity index (χ1v) is 15.3. The molecule has 0 aliphatic heterocycles. The summed E-state index contributed by atoms with van der Waals surface area (Å²) in [5.74, 6) is -0.385. The Kier molecular flexibility index (Phi) is 7.36. The van der Waals surface area contributed by atoms with Crippen LogP contribution < -0.4 is 11.1 Å². The second kappa shape index (κ2) is 11.2.